The van der Waals surface area contributed by atoms with Crippen molar-refractivity contribution in [1.82, 2.24) is 4.98 Å². The van der Waals surface area contributed by atoms with E-state index in [0.29, 0.717) is 0 Å². The van der Waals surface area contributed by atoms with Crippen molar-refractivity contribution in [3.05, 3.63) is 46.9 Å². The van der Waals surface area contributed by atoms with Crippen LogP contribution in [-0.2, 0) is 11.8 Å². The van der Waals surface area contributed by atoms with Crippen LogP contribution in [0.3, 0.4) is 0 Å². The van der Waals surface area contributed by atoms with Crippen LogP contribution in [0.2, 0.25) is 0 Å². The number of alkyl halides is 6. The van der Waals surface area contributed by atoms with Crippen molar-refractivity contribution in [2.45, 2.75) is 18.0 Å². The van der Waals surface area contributed by atoms with Gasteiger partial charge in [-0.3, -0.25) is 4.98 Å². The van der Waals surface area contributed by atoms with Gasteiger partial charge < -0.3 is 15.7 Å². The third kappa shape index (κ3) is 2.74. The highest BCUT2D eigenvalue weighted by Crippen LogP contribution is 2.54. The van der Waals surface area contributed by atoms with Gasteiger partial charge in [-0.15, -0.1) is 6.42 Å². The van der Waals surface area contributed by atoms with Gasteiger partial charge in [-0.25, -0.2) is 0 Å². The molecule has 0 amide bonds. The molecule has 11 heteroatoms. The SMILES string of the molecule is C#CCN1C(N)=C(C#N)C(O)(C(F)(F)F)c2cc(C(F)(F)F)c3ncccc3c21. The van der Waals surface area contributed by atoms with E-state index in [4.69, 9.17) is 12.2 Å². The molecule has 0 spiro atoms. The molecule has 0 fully saturated rings. The number of anilines is 1. The van der Waals surface area contributed by atoms with Crippen LogP contribution in [0.4, 0.5) is 32.0 Å². The normalized spacial score (nSPS) is 19.7. The van der Waals surface area contributed by atoms with E-state index in [2.05, 4.69) is 10.9 Å². The van der Waals surface area contributed by atoms with E-state index in [-0.39, 0.29) is 11.5 Å². The Hall–Kier alpha value is -3.44. The van der Waals surface area contributed by atoms with Crippen molar-refractivity contribution in [3.8, 4) is 18.4 Å². The number of hydrogen-bond acceptors (Lipinski definition) is 5. The van der Waals surface area contributed by atoms with Crippen LogP contribution in [0.5, 0.6) is 0 Å². The van der Waals surface area contributed by atoms with Crippen molar-refractivity contribution in [2.75, 3.05) is 11.4 Å². The maximum Gasteiger partial charge on any atom is 0.426 e. The minimum absolute atomic E-state index is 0.130. The van der Waals surface area contributed by atoms with E-state index >= 15 is 0 Å². The van der Waals surface area contributed by atoms with Crippen molar-refractivity contribution in [2.24, 2.45) is 5.73 Å². The third-order valence-electron chi connectivity index (χ3n) is 4.51. The number of nitrogens with zero attached hydrogens (tertiary/aromatic N) is 3. The zero-order chi connectivity index (χ0) is 21.8. The molecule has 1 aliphatic heterocycles. The van der Waals surface area contributed by atoms with Crippen LogP contribution in [-0.4, -0.2) is 22.8 Å². The molecule has 29 heavy (non-hydrogen) atoms. The molecule has 0 saturated carbocycles. The molecule has 3 N–H and O–H groups in total. The topological polar surface area (TPSA) is 86.2 Å². The zero-order valence-electron chi connectivity index (χ0n) is 14.2. The van der Waals surface area contributed by atoms with Crippen LogP contribution in [0, 0.1) is 23.7 Å². The van der Waals surface area contributed by atoms with Crippen LogP contribution >= 0.6 is 0 Å². The Morgan fingerprint density at radius 1 is 1.28 bits per heavy atom. The second kappa shape index (κ2) is 6.29. The Morgan fingerprint density at radius 3 is 2.45 bits per heavy atom. The minimum Gasteiger partial charge on any atom is -0.384 e. The standard InChI is InChI=1S/C18H10F6N4O/c1-2-6-28-14-9-4-3-5-27-13(9)10(17(19,20)21)7-11(14)16(29,18(22,23)24)12(8-25)15(28)26/h1,3-5,7,29H,6,26H2. The number of hydrogen-bond donors (Lipinski definition) is 2. The molecule has 1 aliphatic rings. The fourth-order valence-electron chi connectivity index (χ4n) is 3.28. The number of pyridine rings is 1. The molecule has 1 aromatic heterocycles. The number of fused-ring (bicyclic) bond motifs is 3. The second-order valence-corrected chi connectivity index (χ2v) is 6.09. The average molecular weight is 412 g/mol. The monoisotopic (exact) mass is 412 g/mol. The van der Waals surface area contributed by atoms with Crippen molar-refractivity contribution in [1.29, 1.82) is 5.26 Å². The molecular weight excluding hydrogens is 402 g/mol. The smallest absolute Gasteiger partial charge is 0.384 e. The molecule has 5 nitrogen and oxygen atoms in total. The highest BCUT2D eigenvalue weighted by Gasteiger charge is 2.62. The summed E-state index contributed by atoms with van der Waals surface area (Å²) in [4.78, 5) is 4.51. The van der Waals surface area contributed by atoms with Crippen molar-refractivity contribution < 1.29 is 31.4 Å². The van der Waals surface area contributed by atoms with E-state index in [0.717, 1.165) is 23.2 Å². The highest BCUT2D eigenvalue weighted by atomic mass is 19.4. The van der Waals surface area contributed by atoms with Crippen molar-refractivity contribution >= 4 is 16.6 Å². The first kappa shape index (κ1) is 20.3. The number of nitrogens with two attached hydrogens (primary N) is 1. The van der Waals surface area contributed by atoms with Crippen molar-refractivity contribution in [3.63, 3.8) is 0 Å². The Balaban J connectivity index is 2.61. The van der Waals surface area contributed by atoms with Gasteiger partial charge >= 0.3 is 12.4 Å². The van der Waals surface area contributed by atoms with Crippen LogP contribution in [0.25, 0.3) is 10.9 Å². The lowest BCUT2D eigenvalue weighted by Crippen LogP contribution is -2.51. The lowest BCUT2D eigenvalue weighted by molar-refractivity contribution is -0.249. The summed E-state index contributed by atoms with van der Waals surface area (Å²) < 4.78 is 82.5. The largest absolute Gasteiger partial charge is 0.426 e. The number of benzene rings is 1. The Kier molecular flexibility index (Phi) is 4.40. The first-order chi connectivity index (χ1) is 13.4. The average Bonchev–Trinajstić information content (AvgIpc) is 2.62. The minimum atomic E-state index is -5.56. The maximum absolute atomic E-state index is 13.9. The number of halogens is 6. The van der Waals surface area contributed by atoms with E-state index in [1.807, 2.05) is 0 Å². The maximum atomic E-state index is 13.9. The van der Waals surface area contributed by atoms with Gasteiger partial charge in [-0.2, -0.15) is 31.6 Å². The summed E-state index contributed by atoms with van der Waals surface area (Å²) in [6.45, 7) is -0.465. The molecule has 2 aromatic rings. The molecule has 0 saturated heterocycles. The zero-order valence-corrected chi connectivity index (χ0v) is 14.2. The van der Waals surface area contributed by atoms with E-state index < -0.39 is 58.2 Å². The van der Waals surface area contributed by atoms with Gasteiger partial charge in [0.05, 0.1) is 23.3 Å². The van der Waals surface area contributed by atoms with Gasteiger partial charge in [-0.1, -0.05) is 5.92 Å². The summed E-state index contributed by atoms with van der Waals surface area (Å²) in [5, 5.41) is 19.5. The molecule has 2 heterocycles. The number of aromatic nitrogens is 1. The predicted octanol–water partition coefficient (Wildman–Crippen LogP) is 3.15. The number of rotatable bonds is 1. The molecule has 1 atom stereocenters. The van der Waals surface area contributed by atoms with Gasteiger partial charge in [0.15, 0.2) is 0 Å². The number of aliphatic hydroxyl groups is 1. The third-order valence-corrected chi connectivity index (χ3v) is 4.51. The van der Waals surface area contributed by atoms with Gasteiger partial charge in [0, 0.05) is 17.1 Å². The summed E-state index contributed by atoms with van der Waals surface area (Å²) in [7, 11) is 0. The lowest BCUT2D eigenvalue weighted by Gasteiger charge is -2.41. The summed E-state index contributed by atoms with van der Waals surface area (Å²) in [6, 6.07) is 3.60. The van der Waals surface area contributed by atoms with Crippen LogP contribution in [0.1, 0.15) is 11.1 Å². The predicted molar refractivity (Wildman–Crippen MR) is 89.7 cm³/mol. The Morgan fingerprint density at radius 2 is 1.93 bits per heavy atom. The summed E-state index contributed by atoms with van der Waals surface area (Å²) in [5.74, 6) is 1.31. The van der Waals surface area contributed by atoms with Gasteiger partial charge in [0.1, 0.15) is 17.5 Å². The molecule has 0 radical (unpaired) electrons. The molecular formula is C18H10F6N4O. The molecule has 0 aliphatic carbocycles. The number of nitriles is 1. The first-order valence-corrected chi connectivity index (χ1v) is 7.79. The van der Waals surface area contributed by atoms with Gasteiger partial charge in [-0.05, 0) is 18.2 Å². The van der Waals surface area contributed by atoms with E-state index in [1.165, 1.54) is 6.07 Å². The quantitative estimate of drug-likeness (QED) is 0.555. The Labute approximate surface area is 159 Å². The Bertz CT molecular complexity index is 1120. The van der Waals surface area contributed by atoms with E-state index in [9.17, 15) is 36.7 Å². The molecule has 150 valence electrons. The molecule has 1 unspecified atom stereocenters. The highest BCUT2D eigenvalue weighted by molar-refractivity contribution is 5.98. The molecule has 3 rings (SSSR count). The fourth-order valence-corrected chi connectivity index (χ4v) is 3.28. The number of terminal acetylenes is 1. The lowest BCUT2D eigenvalue weighted by atomic mass is 9.79. The first-order valence-electron chi connectivity index (χ1n) is 7.79. The summed E-state index contributed by atoms with van der Waals surface area (Å²) in [5.41, 5.74) is -3.61. The molecule has 1 aromatic carbocycles. The summed E-state index contributed by atoms with van der Waals surface area (Å²) in [6.07, 6.45) is -4.38. The fraction of sp³-hybridized carbons (Fsp3) is 0.222. The molecule has 0 bridgehead atoms. The van der Waals surface area contributed by atoms with E-state index in [1.54, 1.807) is 0 Å². The van der Waals surface area contributed by atoms with Gasteiger partial charge in [0.25, 0.3) is 0 Å². The van der Waals surface area contributed by atoms with Crippen LogP contribution < -0.4 is 10.6 Å². The van der Waals surface area contributed by atoms with Crippen LogP contribution in [0.15, 0.2) is 35.8 Å². The second-order valence-electron chi connectivity index (χ2n) is 6.09. The van der Waals surface area contributed by atoms with Gasteiger partial charge in [0.2, 0.25) is 5.60 Å². The summed E-state index contributed by atoms with van der Waals surface area (Å²) >= 11 is 0.